The number of carbonyl (C=O) groups is 4. The summed E-state index contributed by atoms with van der Waals surface area (Å²) in [6, 6.07) is 18.2. The first-order valence-corrected chi connectivity index (χ1v) is 13.6. The van der Waals surface area contributed by atoms with E-state index >= 15 is 0 Å². The van der Waals surface area contributed by atoms with E-state index in [2.05, 4.69) is 10.6 Å². The van der Waals surface area contributed by atoms with Crippen LogP contribution in [0.4, 0.5) is 0 Å². The zero-order valence-electron chi connectivity index (χ0n) is 24.1. The van der Waals surface area contributed by atoms with Gasteiger partial charge in [-0.05, 0) is 29.9 Å². The van der Waals surface area contributed by atoms with Crippen molar-refractivity contribution in [3.8, 4) is 6.07 Å². The predicted molar refractivity (Wildman–Crippen MR) is 154 cm³/mol. The molecular weight excluding hydrogens is 506 g/mol. The van der Waals surface area contributed by atoms with Crippen LogP contribution in [-0.4, -0.2) is 72.2 Å². The average molecular weight is 548 g/mol. The summed E-state index contributed by atoms with van der Waals surface area (Å²) < 4.78 is 0. The molecule has 2 aromatic carbocycles. The summed E-state index contributed by atoms with van der Waals surface area (Å²) in [5.41, 5.74) is 1.94. The Morgan fingerprint density at radius 1 is 0.850 bits per heavy atom. The molecule has 0 saturated carbocycles. The number of carbonyl (C=O) groups excluding carboxylic acids is 4. The van der Waals surface area contributed by atoms with Crippen LogP contribution in [0.15, 0.2) is 60.7 Å². The maximum Gasteiger partial charge on any atom is 0.245 e. The van der Waals surface area contributed by atoms with E-state index in [-0.39, 0.29) is 30.6 Å². The van der Waals surface area contributed by atoms with Gasteiger partial charge in [0.1, 0.15) is 18.1 Å². The second-order valence-electron chi connectivity index (χ2n) is 10.5. The van der Waals surface area contributed by atoms with Gasteiger partial charge in [-0.1, -0.05) is 74.5 Å². The van der Waals surface area contributed by atoms with Gasteiger partial charge in [-0.2, -0.15) is 5.26 Å². The topological polar surface area (TPSA) is 123 Å². The van der Waals surface area contributed by atoms with Gasteiger partial charge in [0.25, 0.3) is 0 Å². The lowest BCUT2D eigenvalue weighted by atomic mass is 9.99. The highest BCUT2D eigenvalue weighted by Crippen LogP contribution is 2.15. The lowest BCUT2D eigenvalue weighted by molar-refractivity contribution is -0.143. The van der Waals surface area contributed by atoms with E-state index in [0.29, 0.717) is 19.4 Å². The van der Waals surface area contributed by atoms with E-state index in [1.165, 1.54) is 23.8 Å². The van der Waals surface area contributed by atoms with Gasteiger partial charge < -0.3 is 20.4 Å². The number of likely N-dealkylation sites (N-methyl/N-ethyl adjacent to an activating group) is 2. The Hall–Kier alpha value is -4.19. The first kappa shape index (κ1) is 32.0. The molecule has 2 aromatic rings. The smallest absolute Gasteiger partial charge is 0.245 e. The van der Waals surface area contributed by atoms with Crippen molar-refractivity contribution in [2.45, 2.75) is 64.6 Å². The fourth-order valence-corrected chi connectivity index (χ4v) is 4.46. The number of amides is 4. The SMILES string of the molecule is CC(=O)N[C@@H](Cc1ccccc1)C(=O)N(C)C(CC(C)C)C(=O)N[C@@H](CC#N)C(=O)N(C)CCc1ccccc1. The molecule has 0 fully saturated rings. The van der Waals surface area contributed by atoms with Gasteiger partial charge in [-0.25, -0.2) is 0 Å². The number of benzene rings is 2. The summed E-state index contributed by atoms with van der Waals surface area (Å²) in [6.07, 6.45) is 1.04. The van der Waals surface area contributed by atoms with E-state index in [4.69, 9.17) is 0 Å². The third-order valence-corrected chi connectivity index (χ3v) is 6.64. The molecule has 2 N–H and O–H groups in total. The lowest BCUT2D eigenvalue weighted by Gasteiger charge is -2.33. The monoisotopic (exact) mass is 547 g/mol. The summed E-state index contributed by atoms with van der Waals surface area (Å²) in [4.78, 5) is 55.1. The number of hydrogen-bond acceptors (Lipinski definition) is 5. The van der Waals surface area contributed by atoms with Crippen LogP contribution in [0.5, 0.6) is 0 Å². The van der Waals surface area contributed by atoms with Gasteiger partial charge in [0.05, 0.1) is 12.5 Å². The summed E-state index contributed by atoms with van der Waals surface area (Å²) in [5, 5.41) is 14.8. The molecule has 0 aliphatic carbocycles. The summed E-state index contributed by atoms with van der Waals surface area (Å²) in [5.74, 6) is -1.61. The standard InChI is InChI=1S/C31H41N5O4/c1-22(2)20-28(36(5)31(40)27(33-23(3)37)21-25-14-10-7-11-15-25)29(38)34-26(16-18-32)30(39)35(4)19-17-24-12-8-6-9-13-24/h6-15,22,26-28H,16-17,19-21H2,1-5H3,(H,33,37)(H,34,38)/t26-,27-,28?/m0/s1. The normalized spacial score (nSPS) is 12.9. The molecular formula is C31H41N5O4. The average Bonchev–Trinajstić information content (AvgIpc) is 2.93. The minimum absolute atomic E-state index is 0.0537. The molecule has 214 valence electrons. The van der Waals surface area contributed by atoms with Crippen molar-refractivity contribution in [2.75, 3.05) is 20.6 Å². The van der Waals surface area contributed by atoms with E-state index in [1.54, 1.807) is 7.05 Å². The Morgan fingerprint density at radius 2 is 1.43 bits per heavy atom. The number of nitrogens with zero attached hydrogens (tertiary/aromatic N) is 3. The highest BCUT2D eigenvalue weighted by atomic mass is 16.2. The van der Waals surface area contributed by atoms with Crippen LogP contribution < -0.4 is 10.6 Å². The molecule has 0 saturated heterocycles. The van der Waals surface area contributed by atoms with Gasteiger partial charge in [-0.3, -0.25) is 19.2 Å². The molecule has 3 atom stereocenters. The first-order chi connectivity index (χ1) is 19.0. The van der Waals surface area contributed by atoms with Crippen molar-refractivity contribution in [2.24, 2.45) is 5.92 Å². The molecule has 4 amide bonds. The van der Waals surface area contributed by atoms with E-state index in [1.807, 2.05) is 80.6 Å². The Morgan fingerprint density at radius 3 is 1.95 bits per heavy atom. The van der Waals surface area contributed by atoms with Crippen molar-refractivity contribution < 1.29 is 19.2 Å². The Kier molecular flexibility index (Phi) is 12.8. The number of rotatable bonds is 14. The van der Waals surface area contributed by atoms with E-state index in [9.17, 15) is 24.4 Å². The fourth-order valence-electron chi connectivity index (χ4n) is 4.46. The highest BCUT2D eigenvalue weighted by molar-refractivity contribution is 5.94. The molecule has 40 heavy (non-hydrogen) atoms. The Bertz CT molecular complexity index is 1160. The zero-order valence-corrected chi connectivity index (χ0v) is 24.1. The van der Waals surface area contributed by atoms with E-state index < -0.39 is 29.9 Å². The molecule has 0 bridgehead atoms. The second-order valence-corrected chi connectivity index (χ2v) is 10.5. The van der Waals surface area contributed by atoms with Crippen molar-refractivity contribution in [1.29, 1.82) is 5.26 Å². The Balaban J connectivity index is 2.19. The van der Waals surface area contributed by atoms with Gasteiger partial charge >= 0.3 is 0 Å². The van der Waals surface area contributed by atoms with E-state index in [0.717, 1.165) is 11.1 Å². The quantitative estimate of drug-likeness (QED) is 0.377. The van der Waals surface area contributed by atoms with Crippen LogP contribution in [0.25, 0.3) is 0 Å². The second kappa shape index (κ2) is 16.0. The van der Waals surface area contributed by atoms with Crippen LogP contribution >= 0.6 is 0 Å². The third-order valence-electron chi connectivity index (χ3n) is 6.64. The molecule has 0 aliphatic rings. The van der Waals surface area contributed by atoms with Crippen molar-refractivity contribution >= 4 is 23.6 Å². The molecule has 0 heterocycles. The first-order valence-electron chi connectivity index (χ1n) is 13.6. The van der Waals surface area contributed by atoms with Crippen LogP contribution in [0.2, 0.25) is 0 Å². The van der Waals surface area contributed by atoms with Gasteiger partial charge in [0.15, 0.2) is 0 Å². The zero-order chi connectivity index (χ0) is 29.7. The minimum atomic E-state index is -1.05. The Labute approximate surface area is 237 Å². The number of nitrogens with one attached hydrogen (secondary N) is 2. The van der Waals surface area contributed by atoms with Crippen LogP contribution in [0, 0.1) is 17.2 Å². The molecule has 0 aromatic heterocycles. The maximum atomic E-state index is 13.6. The minimum Gasteiger partial charge on any atom is -0.344 e. The van der Waals surface area contributed by atoms with Crippen LogP contribution in [0.1, 0.15) is 44.7 Å². The van der Waals surface area contributed by atoms with Crippen LogP contribution in [-0.2, 0) is 32.0 Å². The number of hydrogen-bond donors (Lipinski definition) is 2. The molecule has 9 nitrogen and oxygen atoms in total. The summed E-state index contributed by atoms with van der Waals surface area (Å²) in [6.45, 7) is 5.63. The third kappa shape index (κ3) is 10.2. The summed E-state index contributed by atoms with van der Waals surface area (Å²) >= 11 is 0. The van der Waals surface area contributed by atoms with Gasteiger partial charge in [-0.15, -0.1) is 0 Å². The van der Waals surface area contributed by atoms with Crippen molar-refractivity contribution in [3.63, 3.8) is 0 Å². The van der Waals surface area contributed by atoms with Gasteiger partial charge in [0, 0.05) is 34.0 Å². The maximum absolute atomic E-state index is 13.6. The lowest BCUT2D eigenvalue weighted by Crippen LogP contribution is -2.57. The molecule has 1 unspecified atom stereocenters. The summed E-state index contributed by atoms with van der Waals surface area (Å²) in [7, 11) is 3.17. The molecule has 0 radical (unpaired) electrons. The molecule has 0 aliphatic heterocycles. The largest absolute Gasteiger partial charge is 0.344 e. The highest BCUT2D eigenvalue weighted by Gasteiger charge is 2.34. The predicted octanol–water partition coefficient (Wildman–Crippen LogP) is 2.71. The number of nitriles is 1. The van der Waals surface area contributed by atoms with Crippen molar-refractivity contribution in [1.82, 2.24) is 20.4 Å². The van der Waals surface area contributed by atoms with Crippen molar-refractivity contribution in [3.05, 3.63) is 71.8 Å². The molecule has 0 spiro atoms. The van der Waals surface area contributed by atoms with Crippen LogP contribution in [0.3, 0.4) is 0 Å². The molecule has 9 heteroatoms. The van der Waals surface area contributed by atoms with Gasteiger partial charge in [0.2, 0.25) is 23.6 Å². The fraction of sp³-hybridized carbons (Fsp3) is 0.452. The molecule has 2 rings (SSSR count).